The lowest BCUT2D eigenvalue weighted by molar-refractivity contribution is 0.216. The van der Waals surface area contributed by atoms with Gasteiger partial charge in [0.1, 0.15) is 24.7 Å². The summed E-state index contributed by atoms with van der Waals surface area (Å²) in [6.45, 7) is 1.63. The molecule has 20 heavy (non-hydrogen) atoms. The van der Waals surface area contributed by atoms with E-state index in [2.05, 4.69) is 15.9 Å². The predicted molar refractivity (Wildman–Crippen MR) is 84.3 cm³/mol. The highest BCUT2D eigenvalue weighted by molar-refractivity contribution is 9.10. The first-order valence-corrected chi connectivity index (χ1v) is 7.38. The Morgan fingerprint density at radius 1 is 0.950 bits per heavy atom. The quantitative estimate of drug-likeness (QED) is 0.788. The van der Waals surface area contributed by atoms with Gasteiger partial charge in [-0.05, 0) is 48.9 Å². The number of halogens is 1. The lowest BCUT2D eigenvalue weighted by Crippen LogP contribution is -2.11. The first-order valence-electron chi connectivity index (χ1n) is 6.59. The number of benzene rings is 2. The minimum Gasteiger partial charge on any atom is -0.490 e. The second-order valence-corrected chi connectivity index (χ2v) is 5.22. The Morgan fingerprint density at radius 3 is 2.45 bits per heavy atom. The molecule has 0 aromatic heterocycles. The fourth-order valence-corrected chi connectivity index (χ4v) is 2.28. The van der Waals surface area contributed by atoms with Crippen molar-refractivity contribution in [1.82, 2.24) is 0 Å². The van der Waals surface area contributed by atoms with Crippen molar-refractivity contribution in [3.63, 3.8) is 0 Å². The van der Waals surface area contributed by atoms with Gasteiger partial charge in [-0.3, -0.25) is 0 Å². The Kier molecular flexibility index (Phi) is 5.89. The highest BCUT2D eigenvalue weighted by Gasteiger charge is 2.04. The van der Waals surface area contributed by atoms with Crippen molar-refractivity contribution >= 4 is 15.9 Å². The van der Waals surface area contributed by atoms with Gasteiger partial charge in [-0.1, -0.05) is 34.1 Å². The summed E-state index contributed by atoms with van der Waals surface area (Å²) < 4.78 is 12.4. The average molecular weight is 336 g/mol. The highest BCUT2D eigenvalue weighted by atomic mass is 79.9. The topological polar surface area (TPSA) is 44.5 Å². The molecule has 0 spiro atoms. The number of nitrogens with two attached hydrogens (primary N) is 1. The lowest BCUT2D eigenvalue weighted by Gasteiger charge is -2.12. The molecule has 0 aliphatic carbocycles. The molecule has 2 aromatic carbocycles. The first kappa shape index (κ1) is 14.9. The molecule has 0 saturated heterocycles. The third kappa shape index (κ3) is 4.54. The maximum absolute atomic E-state index is 5.77. The molecule has 2 rings (SSSR count). The minimum absolute atomic E-state index is 0.508. The van der Waals surface area contributed by atoms with Crippen LogP contribution in [0.2, 0.25) is 0 Å². The normalized spacial score (nSPS) is 10.3. The third-order valence-electron chi connectivity index (χ3n) is 2.79. The summed E-state index contributed by atoms with van der Waals surface area (Å²) in [5.41, 5.74) is 6.73. The maximum atomic E-state index is 5.77. The smallest absolute Gasteiger partial charge is 0.122 e. The van der Waals surface area contributed by atoms with Crippen molar-refractivity contribution in [1.29, 1.82) is 0 Å². The van der Waals surface area contributed by atoms with E-state index in [4.69, 9.17) is 15.2 Å². The predicted octanol–water partition coefficient (Wildman–Crippen LogP) is 3.41. The Balaban J connectivity index is 1.84. The fraction of sp³-hybridized carbons (Fsp3) is 0.250. The molecule has 106 valence electrons. The maximum Gasteiger partial charge on any atom is 0.122 e. The summed E-state index contributed by atoms with van der Waals surface area (Å²) >= 11 is 3.46. The molecule has 0 heterocycles. The molecule has 2 aromatic rings. The molecule has 0 bridgehead atoms. The van der Waals surface area contributed by atoms with Gasteiger partial charge in [0.2, 0.25) is 0 Å². The van der Waals surface area contributed by atoms with Crippen molar-refractivity contribution in [2.24, 2.45) is 5.73 Å². The van der Waals surface area contributed by atoms with Crippen LogP contribution in [-0.4, -0.2) is 19.8 Å². The van der Waals surface area contributed by atoms with Crippen molar-refractivity contribution in [2.75, 3.05) is 19.8 Å². The van der Waals surface area contributed by atoms with E-state index in [-0.39, 0.29) is 0 Å². The third-order valence-corrected chi connectivity index (χ3v) is 3.28. The molecule has 0 aliphatic heterocycles. The number of hydrogen-bond donors (Lipinski definition) is 1. The van der Waals surface area contributed by atoms with Crippen LogP contribution in [0.1, 0.15) is 5.56 Å². The van der Waals surface area contributed by atoms with Gasteiger partial charge in [-0.15, -0.1) is 0 Å². The van der Waals surface area contributed by atoms with E-state index in [1.165, 1.54) is 0 Å². The van der Waals surface area contributed by atoms with Crippen LogP contribution in [0.5, 0.6) is 11.5 Å². The summed E-state index contributed by atoms with van der Waals surface area (Å²) in [5.74, 6) is 1.73. The van der Waals surface area contributed by atoms with Crippen LogP contribution in [0, 0.1) is 0 Å². The van der Waals surface area contributed by atoms with E-state index in [1.807, 2.05) is 48.5 Å². The molecule has 0 fully saturated rings. The summed E-state index contributed by atoms with van der Waals surface area (Å²) in [6.07, 6.45) is 0.800. The van der Waals surface area contributed by atoms with Gasteiger partial charge in [0.15, 0.2) is 0 Å². The molecule has 2 N–H and O–H groups in total. The number of hydrogen-bond acceptors (Lipinski definition) is 3. The Bertz CT molecular complexity index is 531. The van der Waals surface area contributed by atoms with Crippen LogP contribution >= 0.6 is 15.9 Å². The second kappa shape index (κ2) is 7.92. The molecule has 3 nitrogen and oxygen atoms in total. The van der Waals surface area contributed by atoms with Crippen LogP contribution in [0.3, 0.4) is 0 Å². The molecule has 0 saturated carbocycles. The van der Waals surface area contributed by atoms with Gasteiger partial charge in [0.05, 0.1) is 0 Å². The van der Waals surface area contributed by atoms with Crippen LogP contribution < -0.4 is 15.2 Å². The Morgan fingerprint density at radius 2 is 1.70 bits per heavy atom. The first-order chi connectivity index (χ1) is 9.79. The van der Waals surface area contributed by atoms with Crippen LogP contribution in [-0.2, 0) is 6.42 Å². The van der Waals surface area contributed by atoms with Gasteiger partial charge in [0, 0.05) is 4.47 Å². The lowest BCUT2D eigenvalue weighted by atomic mass is 10.1. The van der Waals surface area contributed by atoms with E-state index in [0.29, 0.717) is 19.8 Å². The van der Waals surface area contributed by atoms with Gasteiger partial charge in [-0.25, -0.2) is 0 Å². The Labute approximate surface area is 127 Å². The van der Waals surface area contributed by atoms with Crippen LogP contribution in [0.15, 0.2) is 53.0 Å². The zero-order valence-electron chi connectivity index (χ0n) is 11.2. The molecule has 0 aliphatic rings. The molecule has 0 radical (unpaired) electrons. The molecule has 0 unspecified atom stereocenters. The van der Waals surface area contributed by atoms with Gasteiger partial charge >= 0.3 is 0 Å². The van der Waals surface area contributed by atoms with E-state index in [1.54, 1.807) is 0 Å². The monoisotopic (exact) mass is 335 g/mol. The van der Waals surface area contributed by atoms with E-state index < -0.39 is 0 Å². The summed E-state index contributed by atoms with van der Waals surface area (Å²) in [5, 5.41) is 0. The van der Waals surface area contributed by atoms with Gasteiger partial charge in [0.25, 0.3) is 0 Å². The average Bonchev–Trinajstić information content (AvgIpc) is 2.47. The van der Waals surface area contributed by atoms with Gasteiger partial charge < -0.3 is 15.2 Å². The van der Waals surface area contributed by atoms with E-state index in [9.17, 15) is 0 Å². The summed E-state index contributed by atoms with van der Waals surface area (Å²) in [7, 11) is 0. The zero-order valence-corrected chi connectivity index (χ0v) is 12.8. The largest absolute Gasteiger partial charge is 0.490 e. The highest BCUT2D eigenvalue weighted by Crippen LogP contribution is 2.23. The standard InChI is InChI=1S/C16H18BrNO2/c17-14-6-7-16(13(12-14)8-9-18)20-11-10-19-15-4-2-1-3-5-15/h1-7,12H,8-11,18H2. The number of para-hydroxylation sites is 1. The van der Waals surface area contributed by atoms with Crippen LogP contribution in [0.25, 0.3) is 0 Å². The second-order valence-electron chi connectivity index (χ2n) is 4.30. The molecule has 4 heteroatoms. The zero-order chi connectivity index (χ0) is 14.2. The van der Waals surface area contributed by atoms with Gasteiger partial charge in [-0.2, -0.15) is 0 Å². The molecule has 0 amide bonds. The summed E-state index contributed by atoms with van der Waals surface area (Å²) in [4.78, 5) is 0. The molecular formula is C16H18BrNO2. The molecule has 0 atom stereocenters. The molecular weight excluding hydrogens is 318 g/mol. The van der Waals surface area contributed by atoms with Crippen molar-refractivity contribution in [2.45, 2.75) is 6.42 Å². The van der Waals surface area contributed by atoms with E-state index >= 15 is 0 Å². The van der Waals surface area contributed by atoms with Crippen LogP contribution in [0.4, 0.5) is 0 Å². The summed E-state index contributed by atoms with van der Waals surface area (Å²) in [6, 6.07) is 15.7. The fourth-order valence-electron chi connectivity index (χ4n) is 1.87. The number of ether oxygens (including phenoxy) is 2. The van der Waals surface area contributed by atoms with Crippen molar-refractivity contribution in [3.8, 4) is 11.5 Å². The number of rotatable bonds is 7. The minimum atomic E-state index is 0.508. The van der Waals surface area contributed by atoms with Crippen molar-refractivity contribution < 1.29 is 9.47 Å². The van der Waals surface area contributed by atoms with Crippen molar-refractivity contribution in [3.05, 3.63) is 58.6 Å². The SMILES string of the molecule is NCCc1cc(Br)ccc1OCCOc1ccccc1. The van der Waals surface area contributed by atoms with E-state index in [0.717, 1.165) is 28.0 Å². The Hall–Kier alpha value is -1.52.